The highest BCUT2D eigenvalue weighted by Crippen LogP contribution is 2.60. The maximum Gasteiger partial charge on any atom is 0.394 e. The molecule has 0 aromatic heterocycles. The number of halogens is 3. The molecule has 0 bridgehead atoms. The van der Waals surface area contributed by atoms with Gasteiger partial charge in [0.1, 0.15) is 5.78 Å². The molecule has 0 atom stereocenters. The summed E-state index contributed by atoms with van der Waals surface area (Å²) in [5, 5.41) is 0. The molecule has 0 aromatic carbocycles. The van der Waals surface area contributed by atoms with Crippen LogP contribution in [0.2, 0.25) is 0 Å². The first-order valence-corrected chi connectivity index (χ1v) is 7.41. The van der Waals surface area contributed by atoms with Gasteiger partial charge in [-0.2, -0.15) is 13.2 Å². The number of ketones is 1. The molecule has 5 heteroatoms. The van der Waals surface area contributed by atoms with Crippen molar-refractivity contribution in [3.05, 3.63) is 0 Å². The van der Waals surface area contributed by atoms with E-state index in [1.165, 1.54) is 0 Å². The fraction of sp³-hybridized carbons (Fsp3) is 0.933. The SMILES string of the molecule is CC(C)C(=O)C1(CC2(C(F)(F)F)CCC2)CCOCC1. The zero-order valence-corrected chi connectivity index (χ0v) is 12.2. The van der Waals surface area contributed by atoms with Gasteiger partial charge in [0.25, 0.3) is 0 Å². The molecule has 0 radical (unpaired) electrons. The molecule has 20 heavy (non-hydrogen) atoms. The molecule has 1 aliphatic heterocycles. The summed E-state index contributed by atoms with van der Waals surface area (Å²) in [5.74, 6) is -0.241. The maximum atomic E-state index is 13.4. The van der Waals surface area contributed by atoms with Crippen LogP contribution in [0, 0.1) is 16.7 Å². The second-order valence-corrected chi connectivity index (χ2v) is 6.72. The average molecular weight is 292 g/mol. The monoisotopic (exact) mass is 292 g/mol. The van der Waals surface area contributed by atoms with Crippen LogP contribution in [-0.2, 0) is 9.53 Å². The smallest absolute Gasteiger partial charge is 0.381 e. The second-order valence-electron chi connectivity index (χ2n) is 6.72. The molecule has 1 saturated carbocycles. The van der Waals surface area contributed by atoms with Crippen LogP contribution in [-0.4, -0.2) is 25.2 Å². The molecule has 0 aromatic rings. The van der Waals surface area contributed by atoms with Crippen LogP contribution in [0.4, 0.5) is 13.2 Å². The molecule has 1 aliphatic carbocycles. The van der Waals surface area contributed by atoms with Crippen molar-refractivity contribution >= 4 is 5.78 Å². The summed E-state index contributed by atoms with van der Waals surface area (Å²) >= 11 is 0. The van der Waals surface area contributed by atoms with Crippen molar-refractivity contribution in [3.8, 4) is 0 Å². The van der Waals surface area contributed by atoms with Gasteiger partial charge < -0.3 is 4.74 Å². The molecule has 2 fully saturated rings. The predicted molar refractivity (Wildman–Crippen MR) is 69.3 cm³/mol. The molecule has 116 valence electrons. The summed E-state index contributed by atoms with van der Waals surface area (Å²) < 4.78 is 45.5. The predicted octanol–water partition coefficient (Wildman–Crippen LogP) is 4.13. The lowest BCUT2D eigenvalue weighted by molar-refractivity contribution is -0.263. The standard InChI is InChI=1S/C15H23F3O2/c1-11(2)12(19)13(6-8-20-9-7-13)10-14(4-3-5-14)15(16,17)18/h11H,3-10H2,1-2H3. The lowest BCUT2D eigenvalue weighted by Gasteiger charge is -2.50. The number of alkyl halides is 3. The highest BCUT2D eigenvalue weighted by molar-refractivity contribution is 5.86. The largest absolute Gasteiger partial charge is 0.394 e. The van der Waals surface area contributed by atoms with Gasteiger partial charge in [-0.25, -0.2) is 0 Å². The van der Waals surface area contributed by atoms with Gasteiger partial charge in [0.15, 0.2) is 0 Å². The fourth-order valence-electron chi connectivity index (χ4n) is 3.70. The molecular formula is C15H23F3O2. The summed E-state index contributed by atoms with van der Waals surface area (Å²) in [6.45, 7) is 4.35. The third-order valence-electron chi connectivity index (χ3n) is 5.09. The Morgan fingerprint density at radius 3 is 2.05 bits per heavy atom. The molecule has 2 rings (SSSR count). The van der Waals surface area contributed by atoms with Gasteiger partial charge in [-0.05, 0) is 32.1 Å². The zero-order valence-electron chi connectivity index (χ0n) is 12.2. The van der Waals surface area contributed by atoms with Gasteiger partial charge >= 0.3 is 6.18 Å². The average Bonchev–Trinajstić information content (AvgIpc) is 2.32. The third kappa shape index (κ3) is 2.61. The van der Waals surface area contributed by atoms with Crippen molar-refractivity contribution in [1.82, 2.24) is 0 Å². The van der Waals surface area contributed by atoms with Crippen LogP contribution >= 0.6 is 0 Å². The van der Waals surface area contributed by atoms with Crippen molar-refractivity contribution in [3.63, 3.8) is 0 Å². The van der Waals surface area contributed by atoms with E-state index in [-0.39, 0.29) is 31.0 Å². The second kappa shape index (κ2) is 5.32. The molecule has 1 saturated heterocycles. The molecule has 2 nitrogen and oxygen atoms in total. The summed E-state index contributed by atoms with van der Waals surface area (Å²) in [5.41, 5.74) is -2.46. The highest BCUT2D eigenvalue weighted by atomic mass is 19.4. The van der Waals surface area contributed by atoms with E-state index in [0.29, 0.717) is 32.5 Å². The summed E-state index contributed by atoms with van der Waals surface area (Å²) in [6, 6.07) is 0. The van der Waals surface area contributed by atoms with Crippen molar-refractivity contribution < 1.29 is 22.7 Å². The van der Waals surface area contributed by atoms with E-state index < -0.39 is 17.0 Å². The van der Waals surface area contributed by atoms with E-state index in [0.717, 1.165) is 0 Å². The van der Waals surface area contributed by atoms with E-state index in [1.807, 2.05) is 0 Å². The molecule has 0 amide bonds. The van der Waals surface area contributed by atoms with Gasteiger partial charge in [-0.1, -0.05) is 20.3 Å². The van der Waals surface area contributed by atoms with Crippen LogP contribution in [0.3, 0.4) is 0 Å². The number of hydrogen-bond acceptors (Lipinski definition) is 2. The van der Waals surface area contributed by atoms with Gasteiger partial charge in [0.2, 0.25) is 0 Å². The number of rotatable bonds is 4. The van der Waals surface area contributed by atoms with Crippen LogP contribution in [0.25, 0.3) is 0 Å². The highest BCUT2D eigenvalue weighted by Gasteiger charge is 2.62. The van der Waals surface area contributed by atoms with Crippen LogP contribution in [0.5, 0.6) is 0 Å². The Kier molecular flexibility index (Phi) is 4.20. The number of carbonyl (C=O) groups excluding carboxylic acids is 1. The quantitative estimate of drug-likeness (QED) is 0.778. The van der Waals surface area contributed by atoms with E-state index in [4.69, 9.17) is 4.74 Å². The van der Waals surface area contributed by atoms with Crippen molar-refractivity contribution in [2.75, 3.05) is 13.2 Å². The lowest BCUT2D eigenvalue weighted by Crippen LogP contribution is -2.51. The summed E-state index contributed by atoms with van der Waals surface area (Å²) in [4.78, 5) is 12.5. The summed E-state index contributed by atoms with van der Waals surface area (Å²) in [7, 11) is 0. The van der Waals surface area contributed by atoms with Gasteiger partial charge in [0.05, 0.1) is 5.41 Å². The van der Waals surface area contributed by atoms with Gasteiger partial charge in [0, 0.05) is 24.5 Å². The number of carbonyl (C=O) groups is 1. The van der Waals surface area contributed by atoms with Crippen molar-refractivity contribution in [1.29, 1.82) is 0 Å². The Morgan fingerprint density at radius 1 is 1.15 bits per heavy atom. The Morgan fingerprint density at radius 2 is 1.70 bits per heavy atom. The lowest BCUT2D eigenvalue weighted by atomic mass is 9.56. The van der Waals surface area contributed by atoms with E-state index >= 15 is 0 Å². The summed E-state index contributed by atoms with van der Waals surface area (Å²) in [6.07, 6.45) is -2.42. The molecule has 0 unspecified atom stereocenters. The van der Waals surface area contributed by atoms with E-state index in [2.05, 4.69) is 0 Å². The Bertz CT molecular complexity index is 364. The van der Waals surface area contributed by atoms with Crippen molar-refractivity contribution in [2.45, 2.75) is 58.5 Å². The maximum absolute atomic E-state index is 13.4. The minimum absolute atomic E-state index is 0.0173. The van der Waals surface area contributed by atoms with Gasteiger partial charge in [-0.3, -0.25) is 4.79 Å². The van der Waals surface area contributed by atoms with Crippen LogP contribution < -0.4 is 0 Å². The molecular weight excluding hydrogens is 269 g/mol. The Labute approximate surface area is 118 Å². The van der Waals surface area contributed by atoms with E-state index in [1.54, 1.807) is 13.8 Å². The molecule has 0 N–H and O–H groups in total. The zero-order chi connectivity index (χ0) is 15.0. The van der Waals surface area contributed by atoms with E-state index in [9.17, 15) is 18.0 Å². The topological polar surface area (TPSA) is 26.3 Å². The first-order valence-electron chi connectivity index (χ1n) is 7.41. The number of ether oxygens (including phenoxy) is 1. The molecule has 2 aliphatic rings. The van der Waals surface area contributed by atoms with Crippen LogP contribution in [0.15, 0.2) is 0 Å². The fourth-order valence-corrected chi connectivity index (χ4v) is 3.70. The third-order valence-corrected chi connectivity index (χ3v) is 5.09. The minimum Gasteiger partial charge on any atom is -0.381 e. The van der Waals surface area contributed by atoms with Crippen molar-refractivity contribution in [2.24, 2.45) is 16.7 Å². The normalized spacial score (nSPS) is 25.3. The molecule has 1 heterocycles. The first kappa shape index (κ1) is 15.8. The number of hydrogen-bond donors (Lipinski definition) is 0. The Balaban J connectivity index is 2.26. The van der Waals surface area contributed by atoms with Crippen LogP contribution in [0.1, 0.15) is 52.4 Å². The molecule has 0 spiro atoms. The minimum atomic E-state index is -4.20. The van der Waals surface area contributed by atoms with Gasteiger partial charge in [-0.15, -0.1) is 0 Å². The first-order chi connectivity index (χ1) is 9.23. The Hall–Kier alpha value is -0.580. The number of Topliss-reactive ketones (excluding diaryl/α,β-unsaturated/α-hetero) is 1.